The Hall–Kier alpha value is -1.36. The molecule has 136 valence electrons. The third-order valence-electron chi connectivity index (χ3n) is 4.93. The second-order valence-electron chi connectivity index (χ2n) is 6.68. The van der Waals surface area contributed by atoms with Crippen molar-refractivity contribution >= 4 is 29.7 Å². The van der Waals surface area contributed by atoms with Gasteiger partial charge in [-0.1, -0.05) is 30.3 Å². The van der Waals surface area contributed by atoms with Crippen molar-refractivity contribution in [3.8, 4) is 0 Å². The van der Waals surface area contributed by atoms with Gasteiger partial charge in [0.2, 0.25) is 5.91 Å². The van der Waals surface area contributed by atoms with Gasteiger partial charge in [0, 0.05) is 35.2 Å². The van der Waals surface area contributed by atoms with Gasteiger partial charge < -0.3 is 10.6 Å². The monoisotopic (exact) mass is 378 g/mol. The number of benzene rings is 1. The molecule has 1 aliphatic rings. The molecule has 1 saturated heterocycles. The fourth-order valence-corrected chi connectivity index (χ4v) is 4.52. The lowest BCUT2D eigenvalue weighted by Gasteiger charge is -2.16. The first kappa shape index (κ1) is 20.0. The van der Waals surface area contributed by atoms with E-state index in [4.69, 9.17) is 5.73 Å². The first-order chi connectivity index (χ1) is 11.7. The van der Waals surface area contributed by atoms with E-state index in [1.807, 2.05) is 22.3 Å². The van der Waals surface area contributed by atoms with E-state index < -0.39 is 0 Å². The molecule has 1 aliphatic heterocycles. The maximum Gasteiger partial charge on any atom is 0.222 e. The lowest BCUT2D eigenvalue weighted by molar-refractivity contribution is -0.130. The molecule has 0 bridgehead atoms. The summed E-state index contributed by atoms with van der Waals surface area (Å²) in [7, 11) is 0. The van der Waals surface area contributed by atoms with Crippen LogP contribution in [0.3, 0.4) is 0 Å². The largest absolute Gasteiger partial charge is 0.342 e. The summed E-state index contributed by atoms with van der Waals surface area (Å²) in [6, 6.07) is 14.8. The Bertz CT molecular complexity index is 673. The lowest BCUT2D eigenvalue weighted by atomic mass is 9.89. The van der Waals surface area contributed by atoms with Gasteiger partial charge in [-0.3, -0.25) is 4.79 Å². The summed E-state index contributed by atoms with van der Waals surface area (Å²) in [5, 5.41) is 0. The molecule has 0 saturated carbocycles. The Labute approximate surface area is 160 Å². The Morgan fingerprint density at radius 3 is 2.60 bits per heavy atom. The lowest BCUT2D eigenvalue weighted by Crippen LogP contribution is -2.29. The van der Waals surface area contributed by atoms with E-state index in [1.165, 1.54) is 15.3 Å². The van der Waals surface area contributed by atoms with Crippen LogP contribution in [0.15, 0.2) is 42.5 Å². The van der Waals surface area contributed by atoms with Crippen molar-refractivity contribution in [2.45, 2.75) is 32.1 Å². The van der Waals surface area contributed by atoms with E-state index in [0.717, 1.165) is 25.9 Å². The fraction of sp³-hybridized carbons (Fsp3) is 0.450. The molecular weight excluding hydrogens is 352 g/mol. The van der Waals surface area contributed by atoms with Crippen LogP contribution in [0.4, 0.5) is 0 Å². The standard InChI is InChI=1S/C20H26N2OS.ClH/c1-15-10-11-18(24-15)8-5-9-20(23)22-13-17(12-21)19(14-22)16-6-3-2-4-7-16;/h2-4,6-7,10-11,17,19H,5,8-9,12-14,21H2,1H3;1H/t17-,19+;/m1./s1. The number of carbonyl (C=O) groups excluding carboxylic acids is 1. The summed E-state index contributed by atoms with van der Waals surface area (Å²) in [5.41, 5.74) is 7.27. The molecule has 2 atom stereocenters. The van der Waals surface area contributed by atoms with Gasteiger partial charge in [-0.15, -0.1) is 23.7 Å². The van der Waals surface area contributed by atoms with Crippen molar-refractivity contribution < 1.29 is 4.79 Å². The molecule has 1 amide bonds. The fourth-order valence-electron chi connectivity index (χ4n) is 3.58. The molecular formula is C20H27ClN2OS. The Morgan fingerprint density at radius 2 is 1.96 bits per heavy atom. The first-order valence-electron chi connectivity index (χ1n) is 8.75. The number of thiophene rings is 1. The van der Waals surface area contributed by atoms with E-state index in [0.29, 0.717) is 24.8 Å². The van der Waals surface area contributed by atoms with Crippen LogP contribution in [0.5, 0.6) is 0 Å². The minimum atomic E-state index is 0. The number of carbonyl (C=O) groups is 1. The summed E-state index contributed by atoms with van der Waals surface area (Å²) in [5.74, 6) is 1.02. The highest BCUT2D eigenvalue weighted by Crippen LogP contribution is 2.32. The van der Waals surface area contributed by atoms with Gasteiger partial charge in [-0.2, -0.15) is 0 Å². The number of nitrogens with two attached hydrogens (primary N) is 1. The maximum absolute atomic E-state index is 12.6. The predicted octanol–water partition coefficient (Wildman–Crippen LogP) is 4.00. The number of rotatable bonds is 6. The van der Waals surface area contributed by atoms with E-state index in [-0.39, 0.29) is 18.3 Å². The molecule has 5 heteroatoms. The number of nitrogens with zero attached hydrogens (tertiary/aromatic N) is 1. The predicted molar refractivity (Wildman–Crippen MR) is 108 cm³/mol. The molecule has 3 rings (SSSR count). The van der Waals surface area contributed by atoms with Gasteiger partial charge in [-0.25, -0.2) is 0 Å². The number of likely N-dealkylation sites (tertiary alicyclic amines) is 1. The van der Waals surface area contributed by atoms with Crippen LogP contribution < -0.4 is 5.73 Å². The van der Waals surface area contributed by atoms with Gasteiger partial charge >= 0.3 is 0 Å². The summed E-state index contributed by atoms with van der Waals surface area (Å²) in [6.07, 6.45) is 2.56. The van der Waals surface area contributed by atoms with E-state index in [9.17, 15) is 4.79 Å². The van der Waals surface area contributed by atoms with Crippen molar-refractivity contribution in [2.24, 2.45) is 11.7 Å². The number of aryl methyl sites for hydroxylation is 2. The summed E-state index contributed by atoms with van der Waals surface area (Å²) < 4.78 is 0. The minimum absolute atomic E-state index is 0. The molecule has 0 unspecified atom stereocenters. The van der Waals surface area contributed by atoms with Gasteiger partial charge in [0.15, 0.2) is 0 Å². The average molecular weight is 379 g/mol. The Morgan fingerprint density at radius 1 is 1.20 bits per heavy atom. The molecule has 3 nitrogen and oxygen atoms in total. The molecule has 2 heterocycles. The highest BCUT2D eigenvalue weighted by Gasteiger charge is 2.34. The average Bonchev–Trinajstić information content (AvgIpc) is 3.22. The summed E-state index contributed by atoms with van der Waals surface area (Å²) >= 11 is 1.83. The first-order valence-corrected chi connectivity index (χ1v) is 9.57. The van der Waals surface area contributed by atoms with Gasteiger partial charge in [0.25, 0.3) is 0 Å². The molecule has 1 fully saturated rings. The maximum atomic E-state index is 12.6. The van der Waals surface area contributed by atoms with E-state index in [1.54, 1.807) is 0 Å². The smallest absolute Gasteiger partial charge is 0.222 e. The minimum Gasteiger partial charge on any atom is -0.342 e. The van der Waals surface area contributed by atoms with Crippen LogP contribution in [-0.4, -0.2) is 30.4 Å². The van der Waals surface area contributed by atoms with Crippen molar-refractivity contribution in [2.75, 3.05) is 19.6 Å². The van der Waals surface area contributed by atoms with Crippen LogP contribution in [0, 0.1) is 12.8 Å². The van der Waals surface area contributed by atoms with Gasteiger partial charge in [0.05, 0.1) is 0 Å². The Kier molecular flexibility index (Phi) is 7.48. The van der Waals surface area contributed by atoms with Crippen molar-refractivity contribution in [3.05, 3.63) is 57.8 Å². The number of hydrogen-bond donors (Lipinski definition) is 1. The third-order valence-corrected chi connectivity index (χ3v) is 5.99. The molecule has 1 aromatic carbocycles. The zero-order chi connectivity index (χ0) is 16.9. The zero-order valence-corrected chi connectivity index (χ0v) is 16.3. The Balaban J connectivity index is 0.00000225. The van der Waals surface area contributed by atoms with Crippen LogP contribution >= 0.6 is 23.7 Å². The quantitative estimate of drug-likeness (QED) is 0.825. The topological polar surface area (TPSA) is 46.3 Å². The molecule has 2 aromatic rings. The van der Waals surface area contributed by atoms with Crippen LogP contribution in [-0.2, 0) is 11.2 Å². The van der Waals surface area contributed by atoms with Gasteiger partial charge in [0.1, 0.15) is 0 Å². The van der Waals surface area contributed by atoms with E-state index in [2.05, 4.69) is 43.3 Å². The molecule has 0 spiro atoms. The highest BCUT2D eigenvalue weighted by atomic mass is 35.5. The normalized spacial score (nSPS) is 19.7. The van der Waals surface area contributed by atoms with Crippen LogP contribution in [0.25, 0.3) is 0 Å². The van der Waals surface area contributed by atoms with Gasteiger partial charge in [-0.05, 0) is 49.9 Å². The second kappa shape index (κ2) is 9.37. The number of hydrogen-bond acceptors (Lipinski definition) is 3. The molecule has 1 aromatic heterocycles. The van der Waals surface area contributed by atoms with Crippen molar-refractivity contribution in [1.82, 2.24) is 4.90 Å². The number of halogens is 1. The summed E-state index contributed by atoms with van der Waals surface area (Å²) in [4.78, 5) is 17.3. The third kappa shape index (κ3) is 5.06. The van der Waals surface area contributed by atoms with Crippen molar-refractivity contribution in [1.29, 1.82) is 0 Å². The van der Waals surface area contributed by atoms with Crippen molar-refractivity contribution in [3.63, 3.8) is 0 Å². The number of amides is 1. The van der Waals surface area contributed by atoms with Crippen LogP contribution in [0.2, 0.25) is 0 Å². The summed E-state index contributed by atoms with van der Waals surface area (Å²) in [6.45, 7) is 4.37. The zero-order valence-electron chi connectivity index (χ0n) is 14.7. The van der Waals surface area contributed by atoms with E-state index >= 15 is 0 Å². The van der Waals surface area contributed by atoms with Crippen LogP contribution in [0.1, 0.15) is 34.1 Å². The molecule has 0 radical (unpaired) electrons. The second-order valence-corrected chi connectivity index (χ2v) is 8.05. The molecule has 0 aliphatic carbocycles. The molecule has 2 N–H and O–H groups in total. The highest BCUT2D eigenvalue weighted by molar-refractivity contribution is 7.11. The SMILES string of the molecule is Cc1ccc(CCCC(=O)N2C[C@@H](CN)[C@H](c3ccccc3)C2)s1.Cl. The molecule has 25 heavy (non-hydrogen) atoms.